The Balaban J connectivity index is 1.35. The van der Waals surface area contributed by atoms with Crippen LogP contribution in [0, 0.1) is 5.41 Å². The SMILES string of the molecule is CCC1(C=Cc2ccccc2N2c3ncccc3N(C(C)C)C2C)c2ccccc2N2c3ncc(C(C)(C)C)nc3N(c3ccccc3)C2C1(CC)CC. The lowest BCUT2D eigenvalue weighted by atomic mass is 9.52. The van der Waals surface area contributed by atoms with Crippen LogP contribution in [0.3, 0.4) is 0 Å². The predicted molar refractivity (Wildman–Crippen MR) is 226 cm³/mol. The third kappa shape index (κ3) is 5.10. The lowest BCUT2D eigenvalue weighted by molar-refractivity contribution is 0.0909. The molecule has 0 spiro atoms. The van der Waals surface area contributed by atoms with Crippen LogP contribution in [0.1, 0.15) is 98.4 Å². The highest BCUT2D eigenvalue weighted by molar-refractivity contribution is 5.88. The van der Waals surface area contributed by atoms with Gasteiger partial charge in [-0.1, -0.05) is 108 Å². The standard InChI is InChI=1S/C47H55N7/c1-10-46(11-2)44-53(35-22-14-13-15-23-35)43-42(49-31-40(50-43)45(7,8)9)54(44)38-26-19-17-24-36(38)47(46,12-3)29-28-34-21-16-18-25-37(34)52-33(6)51(32(4)5)39-27-20-30-48-41(39)52/h13-33,44H,10-12H2,1-9H3. The molecule has 0 amide bonds. The van der Waals surface area contributed by atoms with Crippen molar-refractivity contribution in [2.75, 3.05) is 19.6 Å². The molecule has 0 aliphatic carbocycles. The molecule has 278 valence electrons. The zero-order valence-corrected chi connectivity index (χ0v) is 33.5. The van der Waals surface area contributed by atoms with E-state index < -0.39 is 0 Å². The maximum atomic E-state index is 5.47. The minimum Gasteiger partial charge on any atom is -0.346 e. The second-order valence-corrected chi connectivity index (χ2v) is 16.5. The molecule has 3 unspecified atom stereocenters. The summed E-state index contributed by atoms with van der Waals surface area (Å²) in [6, 6.07) is 33.4. The normalized spacial score (nSPS) is 21.4. The van der Waals surface area contributed by atoms with Crippen LogP contribution in [-0.4, -0.2) is 33.3 Å². The van der Waals surface area contributed by atoms with Crippen molar-refractivity contribution in [2.24, 2.45) is 5.41 Å². The predicted octanol–water partition coefficient (Wildman–Crippen LogP) is 11.7. The summed E-state index contributed by atoms with van der Waals surface area (Å²) in [5.74, 6) is 2.88. The first-order valence-corrected chi connectivity index (χ1v) is 19.9. The number of hydrogen-bond donors (Lipinski definition) is 0. The van der Waals surface area contributed by atoms with E-state index >= 15 is 0 Å². The number of hydrogen-bond acceptors (Lipinski definition) is 7. The smallest absolute Gasteiger partial charge is 0.178 e. The Morgan fingerprint density at radius 3 is 2.06 bits per heavy atom. The summed E-state index contributed by atoms with van der Waals surface area (Å²) in [6.45, 7) is 20.7. The molecule has 3 atom stereocenters. The molecule has 0 fully saturated rings. The Bertz CT molecular complexity index is 2180. The van der Waals surface area contributed by atoms with Gasteiger partial charge in [-0.3, -0.25) is 0 Å². The van der Waals surface area contributed by atoms with Crippen LogP contribution in [0.25, 0.3) is 6.08 Å². The lowest BCUT2D eigenvalue weighted by Gasteiger charge is -2.60. The quantitative estimate of drug-likeness (QED) is 0.158. The monoisotopic (exact) mass is 717 g/mol. The summed E-state index contributed by atoms with van der Waals surface area (Å²) >= 11 is 0. The topological polar surface area (TPSA) is 51.6 Å². The number of fused-ring (bicyclic) bond motifs is 6. The molecular weight excluding hydrogens is 663 g/mol. The summed E-state index contributed by atoms with van der Waals surface area (Å²) in [6.07, 6.45) is 11.8. The van der Waals surface area contributed by atoms with Crippen molar-refractivity contribution in [3.8, 4) is 0 Å². The summed E-state index contributed by atoms with van der Waals surface area (Å²) in [7, 11) is 0. The molecular formula is C47H55N7. The fourth-order valence-electron chi connectivity index (χ4n) is 10.1. The van der Waals surface area contributed by atoms with Crippen molar-refractivity contribution < 1.29 is 0 Å². The van der Waals surface area contributed by atoms with E-state index in [0.717, 1.165) is 48.1 Å². The summed E-state index contributed by atoms with van der Waals surface area (Å²) in [5, 5.41) is 0. The minimum absolute atomic E-state index is 0.0517. The second kappa shape index (κ2) is 13.3. The van der Waals surface area contributed by atoms with Crippen molar-refractivity contribution in [2.45, 2.75) is 111 Å². The van der Waals surface area contributed by atoms with E-state index in [1.165, 1.54) is 28.2 Å². The number of benzene rings is 3. The second-order valence-electron chi connectivity index (χ2n) is 16.5. The molecule has 7 heteroatoms. The molecule has 3 aromatic carbocycles. The molecule has 7 nitrogen and oxygen atoms in total. The van der Waals surface area contributed by atoms with E-state index in [1.54, 1.807) is 0 Å². The fourth-order valence-corrected chi connectivity index (χ4v) is 10.1. The van der Waals surface area contributed by atoms with Gasteiger partial charge >= 0.3 is 0 Å². The van der Waals surface area contributed by atoms with E-state index in [1.807, 2.05) is 12.4 Å². The molecule has 5 aromatic rings. The average Bonchev–Trinajstić information content (AvgIpc) is 3.69. The molecule has 0 radical (unpaired) electrons. The van der Waals surface area contributed by atoms with Crippen molar-refractivity contribution in [3.63, 3.8) is 0 Å². The first-order valence-electron chi connectivity index (χ1n) is 19.9. The number of allylic oxidation sites excluding steroid dienone is 1. The highest BCUT2D eigenvalue weighted by atomic mass is 15.5. The van der Waals surface area contributed by atoms with Gasteiger partial charge in [-0.25, -0.2) is 15.0 Å². The largest absolute Gasteiger partial charge is 0.346 e. The molecule has 3 aliphatic rings. The third-order valence-corrected chi connectivity index (χ3v) is 12.7. The Morgan fingerprint density at radius 1 is 0.704 bits per heavy atom. The summed E-state index contributed by atoms with van der Waals surface area (Å²) in [4.78, 5) is 25.6. The van der Waals surface area contributed by atoms with Crippen LogP contribution >= 0.6 is 0 Å². The molecule has 8 rings (SSSR count). The van der Waals surface area contributed by atoms with E-state index in [0.29, 0.717) is 6.04 Å². The molecule has 3 aliphatic heterocycles. The minimum atomic E-state index is -0.319. The van der Waals surface area contributed by atoms with Gasteiger partial charge in [0.25, 0.3) is 0 Å². The van der Waals surface area contributed by atoms with Gasteiger partial charge < -0.3 is 19.6 Å². The number of aromatic nitrogens is 3. The van der Waals surface area contributed by atoms with Crippen molar-refractivity contribution >= 4 is 46.3 Å². The Kier molecular flexibility index (Phi) is 8.82. The molecule has 54 heavy (non-hydrogen) atoms. The van der Waals surface area contributed by atoms with Gasteiger partial charge in [0.15, 0.2) is 17.5 Å². The van der Waals surface area contributed by atoms with Crippen molar-refractivity contribution in [3.05, 3.63) is 126 Å². The van der Waals surface area contributed by atoms with Crippen LogP contribution in [0.5, 0.6) is 0 Å². The highest BCUT2D eigenvalue weighted by Gasteiger charge is 2.63. The zero-order chi connectivity index (χ0) is 38.0. The molecule has 0 saturated carbocycles. The first-order chi connectivity index (χ1) is 26.0. The van der Waals surface area contributed by atoms with Gasteiger partial charge in [0.05, 0.1) is 23.3 Å². The Morgan fingerprint density at radius 2 is 1.37 bits per heavy atom. The third-order valence-electron chi connectivity index (χ3n) is 12.7. The van der Waals surface area contributed by atoms with Gasteiger partial charge in [-0.05, 0) is 87.6 Å². The van der Waals surface area contributed by atoms with E-state index in [2.05, 4.69) is 185 Å². The van der Waals surface area contributed by atoms with Gasteiger partial charge in [0, 0.05) is 39.9 Å². The Hall–Kier alpha value is -5.17. The zero-order valence-electron chi connectivity index (χ0n) is 33.5. The van der Waals surface area contributed by atoms with Crippen LogP contribution in [0.4, 0.5) is 40.2 Å². The number of pyridine rings is 1. The fraction of sp³-hybridized carbons (Fsp3) is 0.383. The maximum absolute atomic E-state index is 5.47. The van der Waals surface area contributed by atoms with Gasteiger partial charge in [-0.2, -0.15) is 0 Å². The summed E-state index contributed by atoms with van der Waals surface area (Å²) < 4.78 is 0. The van der Waals surface area contributed by atoms with Gasteiger partial charge in [0.1, 0.15) is 12.3 Å². The number of rotatable bonds is 8. The van der Waals surface area contributed by atoms with Crippen LogP contribution in [-0.2, 0) is 10.8 Å². The molecule has 2 aromatic heterocycles. The average molecular weight is 718 g/mol. The van der Waals surface area contributed by atoms with Crippen LogP contribution < -0.4 is 19.6 Å². The van der Waals surface area contributed by atoms with E-state index in [9.17, 15) is 0 Å². The summed E-state index contributed by atoms with van der Waals surface area (Å²) in [5.41, 5.74) is 7.53. The van der Waals surface area contributed by atoms with E-state index in [4.69, 9.17) is 15.0 Å². The first kappa shape index (κ1) is 35.8. The van der Waals surface area contributed by atoms with Crippen molar-refractivity contribution in [1.82, 2.24) is 15.0 Å². The number of para-hydroxylation sites is 3. The van der Waals surface area contributed by atoms with Gasteiger partial charge in [0.2, 0.25) is 0 Å². The highest BCUT2D eigenvalue weighted by Crippen LogP contribution is 2.66. The maximum Gasteiger partial charge on any atom is 0.178 e. The van der Waals surface area contributed by atoms with Gasteiger partial charge in [-0.15, -0.1) is 0 Å². The molecule has 0 N–H and O–H groups in total. The molecule has 0 bridgehead atoms. The molecule has 0 saturated heterocycles. The molecule has 5 heterocycles. The van der Waals surface area contributed by atoms with Crippen molar-refractivity contribution in [1.29, 1.82) is 0 Å². The number of nitrogens with zero attached hydrogens (tertiary/aromatic N) is 7. The lowest BCUT2D eigenvalue weighted by Crippen LogP contribution is -2.63. The Labute approximate surface area is 322 Å². The number of anilines is 7. The van der Waals surface area contributed by atoms with Crippen LogP contribution in [0.15, 0.2) is 109 Å². The van der Waals surface area contributed by atoms with Crippen LogP contribution in [0.2, 0.25) is 0 Å². The van der Waals surface area contributed by atoms with E-state index in [-0.39, 0.29) is 28.6 Å².